The molecule has 5 heteroatoms. The number of nitrogens with one attached hydrogen (secondary N) is 1. The number of nitrogens with zero attached hydrogens (tertiary/aromatic N) is 2. The number of hydrogen-bond donors (Lipinski definition) is 1. The van der Waals surface area contributed by atoms with Crippen molar-refractivity contribution in [3.63, 3.8) is 0 Å². The first-order valence-corrected chi connectivity index (χ1v) is 7.23. The highest BCUT2D eigenvalue weighted by molar-refractivity contribution is 4.97. The van der Waals surface area contributed by atoms with Crippen LogP contribution in [-0.2, 0) is 17.6 Å². The molecule has 2 rings (SSSR count). The summed E-state index contributed by atoms with van der Waals surface area (Å²) in [6.45, 7) is 5.28. The maximum atomic E-state index is 5.69. The predicted molar refractivity (Wildman–Crippen MR) is 73.1 cm³/mol. The fraction of sp³-hybridized carbons (Fsp3) is 0.857. The molecule has 0 saturated heterocycles. The Morgan fingerprint density at radius 2 is 2.05 bits per heavy atom. The molecule has 0 unspecified atom stereocenters. The number of aryl methyl sites for hydroxylation is 1. The predicted octanol–water partition coefficient (Wildman–Crippen LogP) is 2.11. The summed E-state index contributed by atoms with van der Waals surface area (Å²) < 4.78 is 11.3. The third-order valence-corrected chi connectivity index (χ3v) is 3.80. The SMILES string of the molecule is COC1(Cc2nnc(CCCNC(C)C)o2)CCC1. The van der Waals surface area contributed by atoms with Crippen LogP contribution < -0.4 is 5.32 Å². The van der Waals surface area contributed by atoms with Crippen LogP contribution in [0.1, 0.15) is 51.3 Å². The number of aromatic nitrogens is 2. The van der Waals surface area contributed by atoms with Gasteiger partial charge in [0.2, 0.25) is 11.8 Å². The molecule has 0 amide bonds. The van der Waals surface area contributed by atoms with Crippen LogP contribution in [0.2, 0.25) is 0 Å². The molecule has 1 saturated carbocycles. The van der Waals surface area contributed by atoms with Gasteiger partial charge in [0.1, 0.15) is 0 Å². The van der Waals surface area contributed by atoms with E-state index in [1.807, 2.05) is 0 Å². The zero-order valence-electron chi connectivity index (χ0n) is 12.2. The second-order valence-corrected chi connectivity index (χ2v) is 5.72. The minimum atomic E-state index is -0.0387. The molecule has 1 heterocycles. The van der Waals surface area contributed by atoms with Crippen LogP contribution in [0.4, 0.5) is 0 Å². The molecule has 108 valence electrons. The molecule has 1 aromatic rings. The van der Waals surface area contributed by atoms with Crippen molar-refractivity contribution in [2.45, 2.75) is 64.0 Å². The first kappa shape index (κ1) is 14.5. The lowest BCUT2D eigenvalue weighted by Gasteiger charge is -2.39. The molecule has 0 bridgehead atoms. The molecule has 0 aromatic carbocycles. The van der Waals surface area contributed by atoms with Crippen LogP contribution in [0.25, 0.3) is 0 Å². The van der Waals surface area contributed by atoms with E-state index in [9.17, 15) is 0 Å². The van der Waals surface area contributed by atoms with Crippen LogP contribution in [0.5, 0.6) is 0 Å². The highest BCUT2D eigenvalue weighted by Gasteiger charge is 2.38. The van der Waals surface area contributed by atoms with Crippen molar-refractivity contribution < 1.29 is 9.15 Å². The molecule has 0 atom stereocenters. The average Bonchev–Trinajstić information content (AvgIpc) is 2.77. The molecule has 0 radical (unpaired) electrons. The average molecular weight is 267 g/mol. The van der Waals surface area contributed by atoms with Crippen molar-refractivity contribution >= 4 is 0 Å². The molecule has 5 nitrogen and oxygen atoms in total. The highest BCUT2D eigenvalue weighted by Crippen LogP contribution is 2.37. The quantitative estimate of drug-likeness (QED) is 0.731. The van der Waals surface area contributed by atoms with Crippen LogP contribution >= 0.6 is 0 Å². The van der Waals surface area contributed by atoms with Gasteiger partial charge in [0.05, 0.1) is 12.0 Å². The van der Waals surface area contributed by atoms with Gasteiger partial charge in [0.15, 0.2) is 0 Å². The van der Waals surface area contributed by atoms with E-state index in [0.717, 1.165) is 44.5 Å². The molecule has 1 aromatic heterocycles. The van der Waals surface area contributed by atoms with Crippen molar-refractivity contribution in [1.29, 1.82) is 0 Å². The summed E-state index contributed by atoms with van der Waals surface area (Å²) in [4.78, 5) is 0. The maximum Gasteiger partial charge on any atom is 0.219 e. The summed E-state index contributed by atoms with van der Waals surface area (Å²) in [5.41, 5.74) is -0.0387. The van der Waals surface area contributed by atoms with E-state index in [2.05, 4.69) is 29.4 Å². The Kier molecular flexibility index (Phi) is 4.93. The fourth-order valence-electron chi connectivity index (χ4n) is 2.39. The van der Waals surface area contributed by atoms with Gasteiger partial charge >= 0.3 is 0 Å². The zero-order valence-corrected chi connectivity index (χ0v) is 12.2. The van der Waals surface area contributed by atoms with Gasteiger partial charge in [-0.05, 0) is 32.2 Å². The third kappa shape index (κ3) is 4.01. The lowest BCUT2D eigenvalue weighted by atomic mass is 9.77. The summed E-state index contributed by atoms with van der Waals surface area (Å²) in [7, 11) is 1.77. The molecule has 0 aliphatic heterocycles. The van der Waals surface area contributed by atoms with Crippen LogP contribution in [0.15, 0.2) is 4.42 Å². The first-order valence-electron chi connectivity index (χ1n) is 7.23. The van der Waals surface area contributed by atoms with E-state index in [1.165, 1.54) is 6.42 Å². The monoisotopic (exact) mass is 267 g/mol. The molecule has 1 aliphatic carbocycles. The van der Waals surface area contributed by atoms with Crippen molar-refractivity contribution in [3.05, 3.63) is 11.8 Å². The van der Waals surface area contributed by atoms with E-state index in [-0.39, 0.29) is 5.60 Å². The molecule has 1 fully saturated rings. The first-order chi connectivity index (χ1) is 9.13. The van der Waals surface area contributed by atoms with E-state index in [0.29, 0.717) is 11.9 Å². The Hall–Kier alpha value is -0.940. The van der Waals surface area contributed by atoms with Gasteiger partial charge in [-0.15, -0.1) is 10.2 Å². The fourth-order valence-corrected chi connectivity index (χ4v) is 2.39. The summed E-state index contributed by atoms with van der Waals surface area (Å²) in [6.07, 6.45) is 6.04. The highest BCUT2D eigenvalue weighted by atomic mass is 16.5. The topological polar surface area (TPSA) is 60.2 Å². The number of ether oxygens (including phenoxy) is 1. The van der Waals surface area contributed by atoms with Crippen molar-refractivity contribution in [2.75, 3.05) is 13.7 Å². The largest absolute Gasteiger partial charge is 0.425 e. The summed E-state index contributed by atoms with van der Waals surface area (Å²) >= 11 is 0. The third-order valence-electron chi connectivity index (χ3n) is 3.80. The second kappa shape index (κ2) is 6.48. The number of rotatable bonds is 8. The lowest BCUT2D eigenvalue weighted by molar-refractivity contribution is -0.0746. The van der Waals surface area contributed by atoms with Gasteiger partial charge in [-0.25, -0.2) is 0 Å². The maximum absolute atomic E-state index is 5.69. The molecule has 1 aliphatic rings. The van der Waals surface area contributed by atoms with E-state index >= 15 is 0 Å². The minimum Gasteiger partial charge on any atom is -0.425 e. The Balaban J connectivity index is 1.75. The smallest absolute Gasteiger partial charge is 0.219 e. The van der Waals surface area contributed by atoms with E-state index in [1.54, 1.807) is 7.11 Å². The minimum absolute atomic E-state index is 0.0387. The Morgan fingerprint density at radius 3 is 2.63 bits per heavy atom. The van der Waals surface area contributed by atoms with Crippen molar-refractivity contribution in [2.24, 2.45) is 0 Å². The van der Waals surface area contributed by atoms with Crippen LogP contribution in [-0.4, -0.2) is 35.5 Å². The second-order valence-electron chi connectivity index (χ2n) is 5.72. The summed E-state index contributed by atoms with van der Waals surface area (Å²) in [6, 6.07) is 0.526. The normalized spacial score (nSPS) is 17.7. The van der Waals surface area contributed by atoms with Gasteiger partial charge in [-0.2, -0.15) is 0 Å². The standard InChI is InChI=1S/C14H25N3O2/c1-11(2)15-9-4-6-12-16-17-13(19-12)10-14(18-3)7-5-8-14/h11,15H,4-10H2,1-3H3. The Bertz CT molecular complexity index is 380. The molecular formula is C14H25N3O2. The zero-order chi connectivity index (χ0) is 13.7. The van der Waals surface area contributed by atoms with Crippen LogP contribution in [0.3, 0.4) is 0 Å². The van der Waals surface area contributed by atoms with Gasteiger partial charge < -0.3 is 14.5 Å². The van der Waals surface area contributed by atoms with Gasteiger partial charge in [0.25, 0.3) is 0 Å². The Labute approximate surface area is 115 Å². The van der Waals surface area contributed by atoms with E-state index < -0.39 is 0 Å². The van der Waals surface area contributed by atoms with Crippen molar-refractivity contribution in [1.82, 2.24) is 15.5 Å². The summed E-state index contributed by atoms with van der Waals surface area (Å²) in [5.74, 6) is 1.46. The molecule has 19 heavy (non-hydrogen) atoms. The lowest BCUT2D eigenvalue weighted by Crippen LogP contribution is -2.41. The van der Waals surface area contributed by atoms with Gasteiger partial charge in [-0.3, -0.25) is 0 Å². The van der Waals surface area contributed by atoms with Crippen molar-refractivity contribution in [3.8, 4) is 0 Å². The Morgan fingerprint density at radius 1 is 1.32 bits per heavy atom. The molecule has 1 N–H and O–H groups in total. The van der Waals surface area contributed by atoms with E-state index in [4.69, 9.17) is 9.15 Å². The van der Waals surface area contributed by atoms with Crippen LogP contribution in [0, 0.1) is 0 Å². The summed E-state index contributed by atoms with van der Waals surface area (Å²) in [5, 5.41) is 11.6. The number of methoxy groups -OCH3 is 1. The molecular weight excluding hydrogens is 242 g/mol. The molecule has 0 spiro atoms. The number of hydrogen-bond acceptors (Lipinski definition) is 5. The van der Waals surface area contributed by atoms with Gasteiger partial charge in [0, 0.05) is 19.6 Å². The van der Waals surface area contributed by atoms with Gasteiger partial charge in [-0.1, -0.05) is 13.8 Å².